The van der Waals surface area contributed by atoms with Gasteiger partial charge in [-0.3, -0.25) is 15.5 Å². The van der Waals surface area contributed by atoms with Crippen molar-refractivity contribution >= 4 is 45.1 Å². The van der Waals surface area contributed by atoms with Crippen molar-refractivity contribution in [2.24, 2.45) is 5.10 Å². The Kier molecular flexibility index (Phi) is 7.54. The maximum Gasteiger partial charge on any atom is 0.416 e. The standard InChI is InChI=1S/C21H13BrClF4N3O3/c22-15-7-12(8-16(23)20(15)33-11-13-3-1-2-4-17(13)24)10-28-29-18-6-5-14(21(25,26)27)9-19(18)30(31)32/h1-10,29H,11H2/b28-10-. The maximum absolute atomic E-state index is 13.7. The van der Waals surface area contributed by atoms with Crippen molar-refractivity contribution in [3.63, 3.8) is 0 Å². The number of nitrogens with zero attached hydrogens (tertiary/aromatic N) is 2. The van der Waals surface area contributed by atoms with Crippen LogP contribution < -0.4 is 10.2 Å². The average Bonchev–Trinajstić information content (AvgIpc) is 2.73. The van der Waals surface area contributed by atoms with Crippen LogP contribution in [0, 0.1) is 15.9 Å². The van der Waals surface area contributed by atoms with Gasteiger partial charge in [-0.05, 0) is 51.8 Å². The van der Waals surface area contributed by atoms with Gasteiger partial charge in [0.2, 0.25) is 0 Å². The number of alkyl halides is 3. The number of nitrogens with one attached hydrogen (secondary N) is 1. The Balaban J connectivity index is 1.74. The lowest BCUT2D eigenvalue weighted by molar-refractivity contribution is -0.384. The highest BCUT2D eigenvalue weighted by atomic mass is 79.9. The lowest BCUT2D eigenvalue weighted by Crippen LogP contribution is -2.06. The first-order chi connectivity index (χ1) is 15.6. The first-order valence-corrected chi connectivity index (χ1v) is 10.2. The zero-order chi connectivity index (χ0) is 24.2. The molecular weight excluding hydrogens is 534 g/mol. The fourth-order valence-corrected chi connectivity index (χ4v) is 3.68. The normalized spacial score (nSPS) is 11.6. The summed E-state index contributed by atoms with van der Waals surface area (Å²) in [5.74, 6) is -0.152. The van der Waals surface area contributed by atoms with Gasteiger partial charge in [0.05, 0.1) is 26.2 Å². The van der Waals surface area contributed by atoms with Crippen LogP contribution in [0.1, 0.15) is 16.7 Å². The molecule has 0 aliphatic carbocycles. The van der Waals surface area contributed by atoms with E-state index < -0.39 is 28.2 Å². The Morgan fingerprint density at radius 1 is 1.18 bits per heavy atom. The molecule has 0 spiro atoms. The van der Waals surface area contributed by atoms with Gasteiger partial charge in [-0.25, -0.2) is 4.39 Å². The van der Waals surface area contributed by atoms with E-state index in [1.165, 1.54) is 18.3 Å². The molecular formula is C21H13BrClF4N3O3. The summed E-state index contributed by atoms with van der Waals surface area (Å²) >= 11 is 9.54. The number of ether oxygens (including phenoxy) is 1. The van der Waals surface area contributed by atoms with E-state index in [9.17, 15) is 27.7 Å². The van der Waals surface area contributed by atoms with Crippen molar-refractivity contribution in [2.45, 2.75) is 12.8 Å². The van der Waals surface area contributed by atoms with Crippen molar-refractivity contribution in [1.29, 1.82) is 0 Å². The number of anilines is 1. The summed E-state index contributed by atoms with van der Waals surface area (Å²) in [5, 5.41) is 15.1. The minimum Gasteiger partial charge on any atom is -0.486 e. The molecule has 0 fully saturated rings. The number of hydrogen-bond acceptors (Lipinski definition) is 5. The highest BCUT2D eigenvalue weighted by Crippen LogP contribution is 2.36. The second-order valence-corrected chi connectivity index (χ2v) is 7.81. The van der Waals surface area contributed by atoms with Gasteiger partial charge in [-0.15, -0.1) is 0 Å². The Bertz CT molecular complexity index is 1200. The summed E-state index contributed by atoms with van der Waals surface area (Å²) in [6, 6.07) is 11.2. The molecule has 0 aliphatic heterocycles. The Morgan fingerprint density at radius 3 is 2.55 bits per heavy atom. The lowest BCUT2D eigenvalue weighted by Gasteiger charge is -2.11. The molecule has 3 aromatic rings. The first kappa shape index (κ1) is 24.5. The molecule has 0 radical (unpaired) electrons. The van der Waals surface area contributed by atoms with E-state index in [0.29, 0.717) is 27.7 Å². The van der Waals surface area contributed by atoms with Gasteiger partial charge < -0.3 is 4.74 Å². The molecule has 0 aliphatic rings. The summed E-state index contributed by atoms with van der Waals surface area (Å²) in [7, 11) is 0. The topological polar surface area (TPSA) is 76.8 Å². The third-order valence-electron chi connectivity index (χ3n) is 4.27. The minimum absolute atomic E-state index is 0.0580. The van der Waals surface area contributed by atoms with Crippen LogP contribution in [0.2, 0.25) is 5.02 Å². The van der Waals surface area contributed by atoms with Gasteiger partial charge >= 0.3 is 6.18 Å². The third kappa shape index (κ3) is 6.20. The van der Waals surface area contributed by atoms with Gasteiger partial charge in [-0.2, -0.15) is 18.3 Å². The summed E-state index contributed by atoms with van der Waals surface area (Å²) in [6.07, 6.45) is -3.45. The monoisotopic (exact) mass is 545 g/mol. The largest absolute Gasteiger partial charge is 0.486 e. The number of hydrogen-bond donors (Lipinski definition) is 1. The van der Waals surface area contributed by atoms with Crippen molar-refractivity contribution in [1.82, 2.24) is 0 Å². The number of rotatable bonds is 7. The molecule has 0 saturated heterocycles. The van der Waals surface area contributed by atoms with Crippen LogP contribution >= 0.6 is 27.5 Å². The molecule has 3 aromatic carbocycles. The van der Waals surface area contributed by atoms with Gasteiger partial charge in [-0.1, -0.05) is 29.8 Å². The zero-order valence-electron chi connectivity index (χ0n) is 16.4. The first-order valence-electron chi connectivity index (χ1n) is 9.06. The van der Waals surface area contributed by atoms with Crippen molar-refractivity contribution < 1.29 is 27.2 Å². The van der Waals surface area contributed by atoms with Gasteiger partial charge in [0.15, 0.2) is 5.75 Å². The highest BCUT2D eigenvalue weighted by molar-refractivity contribution is 9.10. The van der Waals surface area contributed by atoms with Crippen LogP contribution in [-0.4, -0.2) is 11.1 Å². The SMILES string of the molecule is O=[N+]([O-])c1cc(C(F)(F)F)ccc1N/N=C\c1cc(Cl)c(OCc2ccccc2F)c(Br)c1. The Morgan fingerprint density at radius 2 is 1.91 bits per heavy atom. The van der Waals surface area contributed by atoms with E-state index in [4.69, 9.17) is 16.3 Å². The molecule has 0 saturated carbocycles. The van der Waals surface area contributed by atoms with E-state index in [1.807, 2.05) is 0 Å². The molecule has 12 heteroatoms. The van der Waals surface area contributed by atoms with E-state index in [0.717, 1.165) is 6.07 Å². The van der Waals surface area contributed by atoms with Crippen LogP contribution in [-0.2, 0) is 12.8 Å². The van der Waals surface area contributed by atoms with Crippen molar-refractivity contribution in [3.8, 4) is 5.75 Å². The highest BCUT2D eigenvalue weighted by Gasteiger charge is 2.33. The molecule has 0 amide bonds. The van der Waals surface area contributed by atoms with E-state index in [2.05, 4.69) is 26.5 Å². The maximum atomic E-state index is 13.7. The number of hydrazone groups is 1. The van der Waals surface area contributed by atoms with Gasteiger partial charge in [0.25, 0.3) is 5.69 Å². The molecule has 0 bridgehead atoms. The molecule has 0 atom stereocenters. The van der Waals surface area contributed by atoms with Gasteiger partial charge in [0, 0.05) is 11.6 Å². The van der Waals surface area contributed by atoms with Crippen LogP contribution in [0.3, 0.4) is 0 Å². The van der Waals surface area contributed by atoms with Crippen LogP contribution in [0.25, 0.3) is 0 Å². The molecule has 33 heavy (non-hydrogen) atoms. The van der Waals surface area contributed by atoms with Crippen LogP contribution in [0.4, 0.5) is 28.9 Å². The Labute approximate surface area is 198 Å². The quantitative estimate of drug-likeness (QED) is 0.147. The molecule has 6 nitrogen and oxygen atoms in total. The summed E-state index contributed by atoms with van der Waals surface area (Å²) < 4.78 is 58.2. The molecule has 0 aromatic heterocycles. The predicted octanol–water partition coefficient (Wildman–Crippen LogP) is 7.19. The van der Waals surface area contributed by atoms with Gasteiger partial charge in [0.1, 0.15) is 18.1 Å². The third-order valence-corrected chi connectivity index (χ3v) is 5.14. The smallest absolute Gasteiger partial charge is 0.416 e. The molecule has 0 heterocycles. The number of benzene rings is 3. The minimum atomic E-state index is -4.72. The second kappa shape index (κ2) is 10.2. The Hall–Kier alpha value is -3.18. The summed E-state index contributed by atoms with van der Waals surface area (Å²) in [4.78, 5) is 10.2. The van der Waals surface area contributed by atoms with Crippen LogP contribution in [0.15, 0.2) is 64.2 Å². The van der Waals surface area contributed by atoms with Crippen molar-refractivity contribution in [2.75, 3.05) is 5.43 Å². The number of nitro groups is 1. The average molecular weight is 547 g/mol. The molecule has 0 unspecified atom stereocenters. The van der Waals surface area contributed by atoms with Crippen molar-refractivity contribution in [3.05, 3.63) is 96.7 Å². The lowest BCUT2D eigenvalue weighted by atomic mass is 10.1. The number of nitro benzene ring substituents is 1. The van der Waals surface area contributed by atoms with E-state index >= 15 is 0 Å². The predicted molar refractivity (Wildman–Crippen MR) is 119 cm³/mol. The zero-order valence-corrected chi connectivity index (χ0v) is 18.7. The molecule has 3 rings (SSSR count). The van der Waals surface area contributed by atoms with Crippen LogP contribution in [0.5, 0.6) is 5.75 Å². The fraction of sp³-hybridized carbons (Fsp3) is 0.0952. The van der Waals surface area contributed by atoms with E-state index in [1.54, 1.807) is 24.3 Å². The van der Waals surface area contributed by atoms with E-state index in [-0.39, 0.29) is 23.1 Å². The molecule has 172 valence electrons. The fourth-order valence-electron chi connectivity index (χ4n) is 2.69. The molecule has 1 N–H and O–H groups in total. The number of halogens is 6. The summed E-state index contributed by atoms with van der Waals surface area (Å²) in [6.45, 7) is -0.0580. The summed E-state index contributed by atoms with van der Waals surface area (Å²) in [5.41, 5.74) is 0.999. The second-order valence-electron chi connectivity index (χ2n) is 6.55.